The Labute approximate surface area is 428 Å². The summed E-state index contributed by atoms with van der Waals surface area (Å²) in [5.41, 5.74) is -1.01. The van der Waals surface area contributed by atoms with Gasteiger partial charge in [0.2, 0.25) is 5.69 Å². The molecule has 0 spiro atoms. The summed E-state index contributed by atoms with van der Waals surface area (Å²) in [4.78, 5) is 43.3. The van der Waals surface area contributed by atoms with Gasteiger partial charge in [-0.05, 0) is 123 Å². The summed E-state index contributed by atoms with van der Waals surface area (Å²) < 4.78 is 152. The summed E-state index contributed by atoms with van der Waals surface area (Å²) in [6.45, 7) is 6.99. The number of fused-ring (bicyclic) bond motifs is 2. The lowest BCUT2D eigenvalue weighted by molar-refractivity contribution is -0.437. The number of halogens is 1. The van der Waals surface area contributed by atoms with Crippen LogP contribution in [0.25, 0.3) is 0 Å². The van der Waals surface area contributed by atoms with E-state index >= 15 is 9.59 Å². The molecule has 5 N–H and O–H groups in total. The van der Waals surface area contributed by atoms with Crippen molar-refractivity contribution >= 4 is 75.1 Å². The second-order valence-corrected chi connectivity index (χ2v) is 25.3. The van der Waals surface area contributed by atoms with Crippen molar-refractivity contribution in [2.24, 2.45) is 5.41 Å². The smallest absolute Gasteiger partial charge is 0.335 e. The van der Waals surface area contributed by atoms with Crippen molar-refractivity contribution in [3.05, 3.63) is 166 Å². The number of rotatable bonds is 18. The van der Waals surface area contributed by atoms with Crippen LogP contribution in [0.15, 0.2) is 142 Å². The van der Waals surface area contributed by atoms with E-state index in [1.807, 2.05) is 0 Å². The zero-order valence-electron chi connectivity index (χ0n) is 40.3. The van der Waals surface area contributed by atoms with Gasteiger partial charge in [-0.2, -0.15) is 38.2 Å². The lowest BCUT2D eigenvalue weighted by Gasteiger charge is -2.35. The fourth-order valence-corrected chi connectivity index (χ4v) is 12.0. The predicted octanol–water partition coefficient (Wildman–Crippen LogP) is 7.59. The van der Waals surface area contributed by atoms with Crippen LogP contribution < -0.4 is 4.90 Å². The van der Waals surface area contributed by atoms with Gasteiger partial charge in [-0.3, -0.25) is 27.8 Å². The number of carboxylic acids is 1. The molecule has 0 fully saturated rings. The third kappa shape index (κ3) is 11.6. The average Bonchev–Trinajstić information content (AvgIpc) is 3.65. The van der Waals surface area contributed by atoms with Gasteiger partial charge in [0.1, 0.15) is 17.8 Å². The Morgan fingerprint density at radius 3 is 1.73 bits per heavy atom. The molecule has 1 aliphatic carbocycles. The first-order valence-electron chi connectivity index (χ1n) is 22.8. The van der Waals surface area contributed by atoms with Crippen LogP contribution >= 0.6 is 0 Å². The Bertz CT molecular complexity index is 3640. The fraction of sp³-hybridized carbons (Fsp3) is 0.294. The van der Waals surface area contributed by atoms with Crippen molar-refractivity contribution in [1.29, 1.82) is 0 Å². The molecule has 4 aromatic carbocycles. The first-order valence-corrected chi connectivity index (χ1v) is 28.9. The summed E-state index contributed by atoms with van der Waals surface area (Å²) in [6, 6.07) is 17.3. The third-order valence-electron chi connectivity index (χ3n) is 13.6. The average molecular weight is 1100 g/mol. The number of nitrogens with zero attached hydrogens (tertiary/aromatic N) is 2. The third-order valence-corrected chi connectivity index (χ3v) is 16.9. The van der Waals surface area contributed by atoms with Gasteiger partial charge in [0.15, 0.2) is 17.3 Å². The highest BCUT2D eigenvalue weighted by Gasteiger charge is 2.50. The number of Topliss-reactive ketones (excluding diaryl/α,β-unsaturated/α-hetero) is 2. The van der Waals surface area contributed by atoms with E-state index in [4.69, 9.17) is 0 Å². The molecule has 0 saturated heterocycles. The number of allylic oxidation sites excluding steroid dienone is 8. The van der Waals surface area contributed by atoms with E-state index in [9.17, 15) is 66.2 Å². The summed E-state index contributed by atoms with van der Waals surface area (Å²) in [5, 5.41) is 9.67. The monoisotopic (exact) mass is 1100 g/mol. The normalized spacial score (nSPS) is 19.7. The molecule has 4 aromatic rings. The van der Waals surface area contributed by atoms with Crippen molar-refractivity contribution in [1.82, 2.24) is 0 Å². The second kappa shape index (κ2) is 20.1. The summed E-state index contributed by atoms with van der Waals surface area (Å²) in [5.74, 6) is -4.66. The molecule has 23 heteroatoms. The largest absolute Gasteiger partial charge is 0.478 e. The van der Waals surface area contributed by atoms with Gasteiger partial charge in [-0.15, -0.1) is 0 Å². The fourth-order valence-electron chi connectivity index (χ4n) is 9.95. The zero-order valence-corrected chi connectivity index (χ0v) is 43.5. The van der Waals surface area contributed by atoms with E-state index < -0.39 is 101 Å². The number of carbonyl (C=O) groups is 3. The van der Waals surface area contributed by atoms with E-state index in [2.05, 4.69) is 0 Å². The van der Waals surface area contributed by atoms with Gasteiger partial charge in [0.05, 0.1) is 32.3 Å². The number of anilines is 1. The quantitative estimate of drug-likeness (QED) is 0.0277. The second-order valence-electron chi connectivity index (χ2n) is 19.4. The number of carboxylic acid groups (broad SMARTS) is 1. The molecule has 1 atom stereocenters. The lowest BCUT2D eigenvalue weighted by atomic mass is 9.64. The highest BCUT2D eigenvalue weighted by atomic mass is 32.2. The maximum absolute atomic E-state index is 15.3. The Balaban J connectivity index is 1.45. The minimum absolute atomic E-state index is 0.0126. The SMILES string of the molecule is CC1(C)C(/C=C/C2=CC(=C/C=C3/N(CCCS(=O)(=O)O)c4ccc(S(=O)(=O)O)cc4C3(C)C)/CC(C(=O)c3ccc(F)cc3)(C(=O)c3ccc(C(=O)O)cc3)C2)=[N+](CCCS(=O)(=O)O)c2ccc(S(=O)(=O)O)cc21. The Kier molecular flexibility index (Phi) is 15.1. The van der Waals surface area contributed by atoms with Crippen molar-refractivity contribution < 1.29 is 80.3 Å². The number of aromatic carboxylic acids is 1. The van der Waals surface area contributed by atoms with Gasteiger partial charge in [-0.1, -0.05) is 44.2 Å². The molecule has 0 bridgehead atoms. The van der Waals surface area contributed by atoms with Crippen molar-refractivity contribution in [3.63, 3.8) is 0 Å². The van der Waals surface area contributed by atoms with Gasteiger partial charge < -0.3 is 10.0 Å². The van der Waals surface area contributed by atoms with Crippen LogP contribution in [0.1, 0.15) is 95.6 Å². The number of carbonyl (C=O) groups excluding carboxylic acids is 2. The van der Waals surface area contributed by atoms with E-state index in [0.717, 1.165) is 12.1 Å². The van der Waals surface area contributed by atoms with Crippen LogP contribution in [0.4, 0.5) is 15.8 Å². The standard InChI is InChI=1S/C51H51FN2O16S4/c1-49(2)40-28-38(73(65,66)67)17-19-42(40)53(23-5-25-71(59,60)61)44(49)21-7-32-27-33(8-22-45-50(3,4)41-29-39(74(68,69)70)18-20-43(41)54(45)24-6-26-72(62,63)64)31-51(30-32,47(56)35-13-15-37(52)16-14-35)46(55)34-9-11-36(12-10-34)48(57)58/h7-22,27-29H,5-6,23-26,30-31H2,1-4H3,(H4-,57,58,59,60,61,62,63,64,65,66,67,68,69,70)/p+1. The zero-order chi connectivity index (χ0) is 54.6. The number of hydrogen-bond acceptors (Lipinski definition) is 12. The summed E-state index contributed by atoms with van der Waals surface area (Å²) >= 11 is 0. The van der Waals surface area contributed by atoms with Crippen molar-refractivity contribution in [2.45, 2.75) is 74.0 Å². The van der Waals surface area contributed by atoms with Crippen LogP contribution in [-0.2, 0) is 51.3 Å². The minimum atomic E-state index is -4.69. The molecule has 0 saturated carbocycles. The maximum atomic E-state index is 15.3. The molecule has 1 unspecified atom stereocenters. The highest BCUT2D eigenvalue weighted by Crippen LogP contribution is 2.50. The molecule has 18 nitrogen and oxygen atoms in total. The Morgan fingerprint density at radius 2 is 1.18 bits per heavy atom. The summed E-state index contributed by atoms with van der Waals surface area (Å²) in [6.07, 6.45) is 7.43. The molecule has 0 radical (unpaired) electrons. The molecular formula is C51H52FN2O16S4+. The molecule has 0 amide bonds. The van der Waals surface area contributed by atoms with Gasteiger partial charge in [0.25, 0.3) is 40.5 Å². The molecule has 0 aromatic heterocycles. The first kappa shape index (κ1) is 55.4. The summed E-state index contributed by atoms with van der Waals surface area (Å²) in [7, 11) is -18.2. The van der Waals surface area contributed by atoms with Crippen molar-refractivity contribution in [3.8, 4) is 0 Å². The number of benzene rings is 4. The van der Waals surface area contributed by atoms with Gasteiger partial charge in [-0.25, -0.2) is 9.18 Å². The van der Waals surface area contributed by atoms with Crippen LogP contribution in [0.5, 0.6) is 0 Å². The van der Waals surface area contributed by atoms with Crippen LogP contribution in [-0.4, -0.2) is 109 Å². The molecule has 392 valence electrons. The maximum Gasteiger partial charge on any atom is 0.335 e. The number of ketones is 2. The molecular weight excluding hydrogens is 1040 g/mol. The van der Waals surface area contributed by atoms with Gasteiger partial charge in [0, 0.05) is 58.6 Å². The minimum Gasteiger partial charge on any atom is -0.478 e. The lowest BCUT2D eigenvalue weighted by Crippen LogP contribution is -2.42. The van der Waals surface area contributed by atoms with E-state index in [0.29, 0.717) is 45.1 Å². The molecule has 7 rings (SSSR count). The van der Waals surface area contributed by atoms with Crippen LogP contribution in [0.2, 0.25) is 0 Å². The molecule has 2 heterocycles. The molecule has 3 aliphatic rings. The first-order chi connectivity index (χ1) is 34.2. The van der Waals surface area contributed by atoms with E-state index in [1.54, 1.807) is 67.6 Å². The molecule has 2 aliphatic heterocycles. The molecule has 74 heavy (non-hydrogen) atoms. The van der Waals surface area contributed by atoms with E-state index in [1.165, 1.54) is 72.8 Å². The van der Waals surface area contributed by atoms with Crippen molar-refractivity contribution in [2.75, 3.05) is 29.5 Å². The predicted molar refractivity (Wildman–Crippen MR) is 271 cm³/mol. The van der Waals surface area contributed by atoms with Crippen LogP contribution in [0.3, 0.4) is 0 Å². The Morgan fingerprint density at radius 1 is 0.649 bits per heavy atom. The van der Waals surface area contributed by atoms with Gasteiger partial charge >= 0.3 is 5.97 Å². The Hall–Kier alpha value is -6.31. The number of hydrogen-bond donors (Lipinski definition) is 5. The van der Waals surface area contributed by atoms with Crippen LogP contribution in [0, 0.1) is 11.2 Å². The highest BCUT2D eigenvalue weighted by molar-refractivity contribution is 7.86. The topological polar surface area (TPSA) is 295 Å². The van der Waals surface area contributed by atoms with E-state index in [-0.39, 0.29) is 55.5 Å².